The zero-order valence-electron chi connectivity index (χ0n) is 22.2. The molecule has 0 spiro atoms. The van der Waals surface area contributed by atoms with E-state index >= 15 is 0 Å². The monoisotopic (exact) mass is 589 g/mol. The molecule has 0 radical (unpaired) electrons. The molecule has 0 aromatic carbocycles. The lowest BCUT2D eigenvalue weighted by molar-refractivity contribution is -0.115. The van der Waals surface area contributed by atoms with E-state index in [-0.39, 0.29) is 45.1 Å². The molecule has 2 N–H and O–H groups in total. The van der Waals surface area contributed by atoms with E-state index in [2.05, 4.69) is 15.3 Å². The number of halogens is 5. The van der Waals surface area contributed by atoms with E-state index in [1.54, 1.807) is 4.90 Å². The minimum Gasteiger partial charge on any atom is -0.381 e. The molecule has 5 heterocycles. The highest BCUT2D eigenvalue weighted by atomic mass is 32.1. The van der Waals surface area contributed by atoms with Crippen LogP contribution in [-0.2, 0) is 4.74 Å². The number of thiazole rings is 1. The molecule has 2 amide bonds. The van der Waals surface area contributed by atoms with Crippen LogP contribution < -0.4 is 10.6 Å². The van der Waals surface area contributed by atoms with Crippen molar-refractivity contribution in [3.8, 4) is 10.4 Å². The van der Waals surface area contributed by atoms with Gasteiger partial charge in [-0.05, 0) is 44.6 Å². The van der Waals surface area contributed by atoms with Gasteiger partial charge in [-0.15, -0.1) is 11.3 Å². The van der Waals surface area contributed by atoms with Gasteiger partial charge in [-0.2, -0.15) is 13.2 Å². The number of ether oxygens (including phenoxy) is 1. The van der Waals surface area contributed by atoms with Crippen LogP contribution in [0.15, 0.2) is 12.3 Å². The Balaban J connectivity index is 0.00000181. The van der Waals surface area contributed by atoms with Crippen molar-refractivity contribution >= 4 is 29.0 Å². The summed E-state index contributed by atoms with van der Waals surface area (Å²) in [5.41, 5.74) is -0.871. The molecule has 0 unspecified atom stereocenters. The summed E-state index contributed by atoms with van der Waals surface area (Å²) in [5, 5.41) is 4.81. The van der Waals surface area contributed by atoms with E-state index in [1.165, 1.54) is 0 Å². The summed E-state index contributed by atoms with van der Waals surface area (Å²) in [5.74, 6) is -1.35. The van der Waals surface area contributed by atoms with Crippen LogP contribution in [0.1, 0.15) is 84.7 Å². The molecule has 5 rings (SSSR count). The standard InChI is InChI=1S/C24H26F5N5O3S.C2H6/c25-20(26)15-9-17(31-11-24(27,28)29)30-10-16(15)19-18(23(36)34-13-1-2-14(34)4-3-13)33-22(38-19)21(35)32-12-5-7-37-8-6-12;1-2/h9-10,12-14,20H,1-8,11H2,(H,30,31)(H,32,35);1-2H3. The summed E-state index contributed by atoms with van der Waals surface area (Å²) in [4.78, 5) is 36.7. The van der Waals surface area contributed by atoms with E-state index in [9.17, 15) is 31.5 Å². The molecule has 8 nitrogen and oxygen atoms in total. The number of hydrogen-bond acceptors (Lipinski definition) is 7. The summed E-state index contributed by atoms with van der Waals surface area (Å²) >= 11 is 0.799. The van der Waals surface area contributed by atoms with Gasteiger partial charge in [-0.1, -0.05) is 13.8 Å². The lowest BCUT2D eigenvalue weighted by atomic mass is 10.0. The Bertz CT molecular complexity index is 1180. The first-order valence-electron chi connectivity index (χ1n) is 13.4. The minimum atomic E-state index is -4.57. The summed E-state index contributed by atoms with van der Waals surface area (Å²) < 4.78 is 71.4. The van der Waals surface area contributed by atoms with Crippen molar-refractivity contribution in [3.63, 3.8) is 0 Å². The largest absolute Gasteiger partial charge is 0.405 e. The second-order valence-corrected chi connectivity index (χ2v) is 10.7. The molecular weight excluding hydrogens is 557 g/mol. The maximum atomic E-state index is 14.1. The smallest absolute Gasteiger partial charge is 0.381 e. The third-order valence-corrected chi connectivity index (χ3v) is 8.24. The molecule has 3 saturated heterocycles. The summed E-state index contributed by atoms with van der Waals surface area (Å²) in [6, 6.07) is 0.752. The topological polar surface area (TPSA) is 96.4 Å². The summed E-state index contributed by atoms with van der Waals surface area (Å²) in [6.07, 6.45) is -2.04. The lowest BCUT2D eigenvalue weighted by Crippen LogP contribution is -2.39. The molecular formula is C26H32F5N5O3S. The van der Waals surface area contributed by atoms with Gasteiger partial charge < -0.3 is 20.3 Å². The van der Waals surface area contributed by atoms with Crippen molar-refractivity contribution in [1.29, 1.82) is 0 Å². The fraction of sp³-hybridized carbons (Fsp3) is 0.615. The van der Waals surface area contributed by atoms with Gasteiger partial charge in [-0.25, -0.2) is 18.7 Å². The number of amides is 2. The second-order valence-electron chi connectivity index (χ2n) is 9.66. The van der Waals surface area contributed by atoms with Crippen LogP contribution in [-0.4, -0.2) is 70.7 Å². The van der Waals surface area contributed by atoms with Crippen molar-refractivity contribution in [2.45, 2.75) is 83.1 Å². The van der Waals surface area contributed by atoms with Gasteiger partial charge in [0.25, 0.3) is 18.2 Å². The number of nitrogens with zero attached hydrogens (tertiary/aromatic N) is 3. The summed E-state index contributed by atoms with van der Waals surface area (Å²) in [6.45, 7) is 3.54. The molecule has 220 valence electrons. The van der Waals surface area contributed by atoms with Gasteiger partial charge in [0.05, 0.1) is 4.88 Å². The van der Waals surface area contributed by atoms with Gasteiger partial charge in [0.2, 0.25) is 0 Å². The van der Waals surface area contributed by atoms with E-state index in [1.807, 2.05) is 19.2 Å². The number of anilines is 1. The number of rotatable bonds is 7. The SMILES string of the molecule is CC.O=C(NC1CCOCC1)c1nc(C(=O)N2C3CCC2CC3)c(-c2cnc(NCC(F)(F)F)cc2C(F)F)s1. The zero-order chi connectivity index (χ0) is 29.0. The van der Waals surface area contributed by atoms with Crippen LogP contribution in [0.4, 0.5) is 27.8 Å². The average Bonchev–Trinajstić information content (AvgIpc) is 3.67. The molecule has 2 bridgehead atoms. The van der Waals surface area contributed by atoms with Gasteiger partial charge >= 0.3 is 6.18 Å². The third kappa shape index (κ3) is 6.70. The van der Waals surface area contributed by atoms with Gasteiger partial charge in [0, 0.05) is 48.7 Å². The number of carbonyl (C=O) groups excluding carboxylic acids is 2. The average molecular weight is 590 g/mol. The van der Waals surface area contributed by atoms with Gasteiger partial charge in [0.15, 0.2) is 5.01 Å². The molecule has 40 heavy (non-hydrogen) atoms. The first-order chi connectivity index (χ1) is 19.1. The van der Waals surface area contributed by atoms with E-state index in [0.717, 1.165) is 49.3 Å². The molecule has 0 atom stereocenters. The predicted molar refractivity (Wildman–Crippen MR) is 140 cm³/mol. The molecule has 2 aromatic heterocycles. The van der Waals surface area contributed by atoms with E-state index in [4.69, 9.17) is 4.74 Å². The Morgan fingerprint density at radius 2 is 1.73 bits per heavy atom. The first-order valence-corrected chi connectivity index (χ1v) is 14.2. The molecule has 0 aliphatic carbocycles. The highest BCUT2D eigenvalue weighted by Crippen LogP contribution is 2.42. The van der Waals surface area contributed by atoms with Crippen LogP contribution in [0.2, 0.25) is 0 Å². The number of pyridine rings is 1. The number of aromatic nitrogens is 2. The third-order valence-electron chi connectivity index (χ3n) is 7.15. The highest BCUT2D eigenvalue weighted by molar-refractivity contribution is 7.17. The summed E-state index contributed by atoms with van der Waals surface area (Å²) in [7, 11) is 0. The normalized spacial score (nSPS) is 20.9. The maximum Gasteiger partial charge on any atom is 0.405 e. The van der Waals surface area contributed by atoms with Crippen LogP contribution in [0, 0.1) is 0 Å². The van der Waals surface area contributed by atoms with Crippen molar-refractivity contribution < 1.29 is 36.3 Å². The second kappa shape index (κ2) is 12.8. The Morgan fingerprint density at radius 1 is 1.10 bits per heavy atom. The lowest BCUT2D eigenvalue weighted by Gasteiger charge is -2.22. The molecule has 2 aromatic rings. The maximum absolute atomic E-state index is 14.1. The van der Waals surface area contributed by atoms with Gasteiger partial charge in [0.1, 0.15) is 18.1 Å². The molecule has 3 aliphatic heterocycles. The van der Waals surface area contributed by atoms with E-state index < -0.39 is 36.5 Å². The van der Waals surface area contributed by atoms with E-state index in [0.29, 0.717) is 26.1 Å². The number of alkyl halides is 5. The zero-order valence-corrected chi connectivity index (χ0v) is 23.0. The number of carbonyl (C=O) groups is 2. The Morgan fingerprint density at radius 3 is 2.30 bits per heavy atom. The highest BCUT2D eigenvalue weighted by Gasteiger charge is 2.44. The van der Waals surface area contributed by atoms with Gasteiger partial charge in [-0.3, -0.25) is 9.59 Å². The number of nitrogens with one attached hydrogen (secondary N) is 2. The van der Waals surface area contributed by atoms with Crippen molar-refractivity contribution in [3.05, 3.63) is 28.5 Å². The van der Waals surface area contributed by atoms with Crippen LogP contribution >= 0.6 is 11.3 Å². The number of fused-ring (bicyclic) bond motifs is 2. The minimum absolute atomic E-state index is 0.0307. The molecule has 0 saturated carbocycles. The predicted octanol–water partition coefficient (Wildman–Crippen LogP) is 5.82. The van der Waals surface area contributed by atoms with Crippen LogP contribution in [0.3, 0.4) is 0 Å². The first kappa shape index (κ1) is 30.1. The quantitative estimate of drug-likeness (QED) is 0.396. The Labute approximate surface area is 232 Å². The van der Waals surface area contributed by atoms with Crippen LogP contribution in [0.5, 0.6) is 0 Å². The van der Waals surface area contributed by atoms with Crippen molar-refractivity contribution in [2.24, 2.45) is 0 Å². The molecule has 14 heteroatoms. The van der Waals surface area contributed by atoms with Crippen LogP contribution in [0.25, 0.3) is 10.4 Å². The molecule has 3 aliphatic rings. The van der Waals surface area contributed by atoms with Crippen molar-refractivity contribution in [1.82, 2.24) is 20.2 Å². The Hall–Kier alpha value is -2.87. The molecule has 3 fully saturated rings. The fourth-order valence-electron chi connectivity index (χ4n) is 5.33. The Kier molecular flexibility index (Phi) is 9.60. The van der Waals surface area contributed by atoms with Crippen molar-refractivity contribution in [2.75, 3.05) is 25.1 Å². The fourth-order valence-corrected chi connectivity index (χ4v) is 6.32. The number of hydrogen-bond donors (Lipinski definition) is 2.